The van der Waals surface area contributed by atoms with Crippen LogP contribution in [0.5, 0.6) is 0 Å². The number of fused-ring (bicyclic) bond motifs is 1. The van der Waals surface area contributed by atoms with Crippen LogP contribution in [0.3, 0.4) is 0 Å². The standard InChI is InChI=1S/C22H25F3N4O/c1-5-10-28(13-22(23,24)25)21(30)17-11-19(16-9-7-6-8-15(16)4)27-20-18(17)12-26-29(20)14(2)3/h6-9,11-12,14H,5,10,13H2,1-4H3. The van der Waals surface area contributed by atoms with Crippen LogP contribution >= 0.6 is 0 Å². The number of rotatable bonds is 6. The van der Waals surface area contributed by atoms with Crippen molar-refractivity contribution in [3.63, 3.8) is 0 Å². The van der Waals surface area contributed by atoms with E-state index in [1.165, 1.54) is 6.20 Å². The van der Waals surface area contributed by atoms with E-state index in [0.29, 0.717) is 23.1 Å². The molecule has 0 radical (unpaired) electrons. The van der Waals surface area contributed by atoms with Gasteiger partial charge in [-0.25, -0.2) is 9.67 Å². The van der Waals surface area contributed by atoms with Crippen molar-refractivity contribution in [1.29, 1.82) is 0 Å². The fourth-order valence-electron chi connectivity index (χ4n) is 3.48. The van der Waals surface area contributed by atoms with E-state index in [4.69, 9.17) is 4.98 Å². The van der Waals surface area contributed by atoms with E-state index >= 15 is 0 Å². The molecule has 0 aliphatic rings. The van der Waals surface area contributed by atoms with Crippen molar-refractivity contribution in [3.05, 3.63) is 47.7 Å². The van der Waals surface area contributed by atoms with Crippen LogP contribution in [-0.2, 0) is 0 Å². The Balaban J connectivity index is 2.22. The molecule has 2 aromatic heterocycles. The van der Waals surface area contributed by atoms with E-state index in [9.17, 15) is 18.0 Å². The average Bonchev–Trinajstić information content (AvgIpc) is 3.10. The zero-order valence-corrected chi connectivity index (χ0v) is 17.5. The van der Waals surface area contributed by atoms with Crippen LogP contribution in [0, 0.1) is 6.92 Å². The summed E-state index contributed by atoms with van der Waals surface area (Å²) in [6.45, 7) is 6.26. The summed E-state index contributed by atoms with van der Waals surface area (Å²) in [6, 6.07) is 9.13. The largest absolute Gasteiger partial charge is 0.406 e. The molecule has 8 heteroatoms. The van der Waals surface area contributed by atoms with Gasteiger partial charge in [-0.15, -0.1) is 0 Å². The van der Waals surface area contributed by atoms with Crippen molar-refractivity contribution < 1.29 is 18.0 Å². The maximum atomic E-state index is 13.2. The third-order valence-electron chi connectivity index (χ3n) is 4.86. The Hall–Kier alpha value is -2.90. The lowest BCUT2D eigenvalue weighted by atomic mass is 10.0. The molecule has 0 N–H and O–H groups in total. The highest BCUT2D eigenvalue weighted by molar-refractivity contribution is 6.06. The number of pyridine rings is 1. The molecular weight excluding hydrogens is 393 g/mol. The molecule has 3 rings (SSSR count). The first kappa shape index (κ1) is 21.8. The summed E-state index contributed by atoms with van der Waals surface area (Å²) in [5.74, 6) is -0.667. The Kier molecular flexibility index (Phi) is 6.14. The number of hydrogen-bond acceptors (Lipinski definition) is 3. The van der Waals surface area contributed by atoms with Gasteiger partial charge in [0.15, 0.2) is 5.65 Å². The fraction of sp³-hybridized carbons (Fsp3) is 0.409. The first-order valence-electron chi connectivity index (χ1n) is 9.92. The molecule has 0 aliphatic heterocycles. The molecule has 160 valence electrons. The second kappa shape index (κ2) is 8.45. The summed E-state index contributed by atoms with van der Waals surface area (Å²) in [6.07, 6.45) is -2.54. The van der Waals surface area contributed by atoms with Crippen molar-refractivity contribution >= 4 is 16.9 Å². The zero-order chi connectivity index (χ0) is 22.1. The minimum atomic E-state index is -4.47. The molecule has 0 spiro atoms. The van der Waals surface area contributed by atoms with Crippen LogP contribution < -0.4 is 0 Å². The summed E-state index contributed by atoms with van der Waals surface area (Å²) in [5.41, 5.74) is 2.98. The first-order chi connectivity index (χ1) is 14.1. The molecule has 0 unspecified atom stereocenters. The lowest BCUT2D eigenvalue weighted by molar-refractivity contribution is -0.140. The van der Waals surface area contributed by atoms with Crippen LogP contribution in [0.4, 0.5) is 13.2 Å². The number of hydrogen-bond donors (Lipinski definition) is 0. The molecule has 0 bridgehead atoms. The molecule has 0 fully saturated rings. The van der Waals surface area contributed by atoms with Gasteiger partial charge >= 0.3 is 6.18 Å². The highest BCUT2D eigenvalue weighted by Gasteiger charge is 2.34. The number of carbonyl (C=O) groups excluding carboxylic acids is 1. The molecule has 5 nitrogen and oxygen atoms in total. The molecule has 1 amide bonds. The predicted molar refractivity (Wildman–Crippen MR) is 110 cm³/mol. The zero-order valence-electron chi connectivity index (χ0n) is 17.5. The van der Waals surface area contributed by atoms with Gasteiger partial charge in [0.1, 0.15) is 6.54 Å². The van der Waals surface area contributed by atoms with Gasteiger partial charge in [-0.05, 0) is 38.8 Å². The van der Waals surface area contributed by atoms with Gasteiger partial charge in [0.25, 0.3) is 5.91 Å². The van der Waals surface area contributed by atoms with Gasteiger partial charge in [0.05, 0.1) is 22.8 Å². The van der Waals surface area contributed by atoms with Gasteiger partial charge in [0, 0.05) is 18.2 Å². The van der Waals surface area contributed by atoms with E-state index < -0.39 is 18.6 Å². The lowest BCUT2D eigenvalue weighted by Crippen LogP contribution is -2.39. The summed E-state index contributed by atoms with van der Waals surface area (Å²) >= 11 is 0. The highest BCUT2D eigenvalue weighted by atomic mass is 19.4. The van der Waals surface area contributed by atoms with Crippen molar-refractivity contribution in [2.75, 3.05) is 13.1 Å². The number of aryl methyl sites for hydroxylation is 1. The molecular formula is C22H25F3N4O. The SMILES string of the molecule is CCCN(CC(F)(F)F)C(=O)c1cc(-c2ccccc2C)nc2c1cnn2C(C)C. The van der Waals surface area contributed by atoms with E-state index in [0.717, 1.165) is 16.0 Å². The summed E-state index contributed by atoms with van der Waals surface area (Å²) in [7, 11) is 0. The van der Waals surface area contributed by atoms with Gasteiger partial charge in [-0.3, -0.25) is 4.79 Å². The van der Waals surface area contributed by atoms with Crippen LogP contribution in [0.15, 0.2) is 36.5 Å². The van der Waals surface area contributed by atoms with Crippen molar-refractivity contribution in [1.82, 2.24) is 19.7 Å². The Bertz CT molecular complexity index is 1060. The Morgan fingerprint density at radius 1 is 1.23 bits per heavy atom. The molecule has 0 saturated heterocycles. The molecule has 3 aromatic rings. The number of amides is 1. The third-order valence-corrected chi connectivity index (χ3v) is 4.86. The average molecular weight is 418 g/mol. The number of alkyl halides is 3. The number of aromatic nitrogens is 3. The Labute approximate surface area is 173 Å². The third kappa shape index (κ3) is 4.47. The summed E-state index contributed by atoms with van der Waals surface area (Å²) in [4.78, 5) is 18.8. The minimum absolute atomic E-state index is 0.0141. The van der Waals surface area contributed by atoms with Gasteiger partial charge < -0.3 is 4.90 Å². The summed E-state index contributed by atoms with van der Waals surface area (Å²) in [5, 5.41) is 4.79. The number of benzene rings is 1. The molecule has 2 heterocycles. The highest BCUT2D eigenvalue weighted by Crippen LogP contribution is 2.29. The van der Waals surface area contributed by atoms with Crippen LogP contribution in [0.2, 0.25) is 0 Å². The van der Waals surface area contributed by atoms with Gasteiger partial charge in [-0.1, -0.05) is 31.2 Å². The maximum Gasteiger partial charge on any atom is 0.406 e. The van der Waals surface area contributed by atoms with Crippen molar-refractivity contribution in [2.24, 2.45) is 0 Å². The topological polar surface area (TPSA) is 51.0 Å². The second-order valence-electron chi connectivity index (χ2n) is 7.63. The Morgan fingerprint density at radius 2 is 1.93 bits per heavy atom. The van der Waals surface area contributed by atoms with Crippen molar-refractivity contribution in [3.8, 4) is 11.3 Å². The fourth-order valence-corrected chi connectivity index (χ4v) is 3.48. The predicted octanol–water partition coefficient (Wildman–Crippen LogP) is 5.40. The van der Waals surface area contributed by atoms with Crippen LogP contribution in [-0.4, -0.2) is 44.8 Å². The number of nitrogens with zero attached hydrogens (tertiary/aromatic N) is 4. The summed E-state index contributed by atoms with van der Waals surface area (Å²) < 4.78 is 41.0. The monoisotopic (exact) mass is 418 g/mol. The lowest BCUT2D eigenvalue weighted by Gasteiger charge is -2.24. The normalized spacial score (nSPS) is 12.0. The van der Waals surface area contributed by atoms with Crippen molar-refractivity contribution in [2.45, 2.75) is 46.3 Å². The molecule has 1 aromatic carbocycles. The smallest absolute Gasteiger partial charge is 0.330 e. The molecule has 0 atom stereocenters. The van der Waals surface area contributed by atoms with Crippen LogP contribution in [0.1, 0.15) is 49.2 Å². The molecule has 0 aliphatic carbocycles. The van der Waals surface area contributed by atoms with E-state index in [-0.39, 0.29) is 18.2 Å². The molecule has 0 saturated carbocycles. The quantitative estimate of drug-likeness (QED) is 0.538. The van der Waals surface area contributed by atoms with Crippen LogP contribution in [0.25, 0.3) is 22.3 Å². The Morgan fingerprint density at radius 3 is 2.53 bits per heavy atom. The van der Waals surface area contributed by atoms with E-state index in [1.807, 2.05) is 45.0 Å². The minimum Gasteiger partial charge on any atom is -0.330 e. The van der Waals surface area contributed by atoms with Gasteiger partial charge in [-0.2, -0.15) is 18.3 Å². The molecule has 30 heavy (non-hydrogen) atoms. The first-order valence-corrected chi connectivity index (χ1v) is 9.92. The van der Waals surface area contributed by atoms with E-state index in [2.05, 4.69) is 5.10 Å². The van der Waals surface area contributed by atoms with E-state index in [1.54, 1.807) is 17.7 Å². The second-order valence-corrected chi connectivity index (χ2v) is 7.63. The van der Waals surface area contributed by atoms with Gasteiger partial charge in [0.2, 0.25) is 0 Å². The number of carbonyl (C=O) groups is 1. The number of halogens is 3. The maximum absolute atomic E-state index is 13.2.